The Kier molecular flexibility index (Phi) is 9.95. The van der Waals surface area contributed by atoms with Crippen molar-refractivity contribution in [3.63, 3.8) is 0 Å². The van der Waals surface area contributed by atoms with Gasteiger partial charge in [-0.2, -0.15) is 0 Å². The van der Waals surface area contributed by atoms with Gasteiger partial charge in [0.05, 0.1) is 49.7 Å². The molecule has 2 aliphatic rings. The van der Waals surface area contributed by atoms with E-state index in [1.807, 2.05) is 0 Å². The molecule has 0 bridgehead atoms. The molecule has 2 rings (SSSR count). The van der Waals surface area contributed by atoms with E-state index in [2.05, 4.69) is 52.8 Å². The van der Waals surface area contributed by atoms with E-state index in [9.17, 15) is 9.90 Å². The first kappa shape index (κ1) is 27.0. The van der Waals surface area contributed by atoms with Crippen LogP contribution < -0.4 is 0 Å². The van der Waals surface area contributed by atoms with Crippen molar-refractivity contribution in [1.29, 1.82) is 0 Å². The zero-order valence-electron chi connectivity index (χ0n) is 21.2. The summed E-state index contributed by atoms with van der Waals surface area (Å²) in [6.45, 7) is 12.5. The molecule has 2 fully saturated rings. The molecule has 0 aromatic rings. The summed E-state index contributed by atoms with van der Waals surface area (Å²) in [6.07, 6.45) is 8.92. The predicted octanol–water partition coefficient (Wildman–Crippen LogP) is 4.45. The third-order valence-electron chi connectivity index (χ3n) is 7.08. The molecule has 1 N–H and O–H groups in total. The Hall–Kier alpha value is -1.21. The number of rotatable bonds is 11. The second-order valence-electron chi connectivity index (χ2n) is 10.1. The van der Waals surface area contributed by atoms with Gasteiger partial charge < -0.3 is 24.1 Å². The van der Waals surface area contributed by atoms with Gasteiger partial charge in [0.15, 0.2) is 0 Å². The van der Waals surface area contributed by atoms with E-state index >= 15 is 0 Å². The molecule has 0 aromatic carbocycles. The Balaban J connectivity index is 1.89. The van der Waals surface area contributed by atoms with Crippen molar-refractivity contribution in [2.24, 2.45) is 17.8 Å². The number of hydrogen-bond donors (Lipinski definition) is 1. The largest absolute Gasteiger partial charge is 0.469 e. The molecule has 9 atom stereocenters. The fraction of sp³-hybridized carbons (Fsp3) is 0.808. The lowest BCUT2D eigenvalue weighted by Crippen LogP contribution is -2.36. The molecule has 0 unspecified atom stereocenters. The first-order chi connectivity index (χ1) is 15.0. The number of hydrogen-bond acceptors (Lipinski definition) is 6. The molecule has 32 heavy (non-hydrogen) atoms. The Bertz CT molecular complexity index is 671. The van der Waals surface area contributed by atoms with Gasteiger partial charge >= 0.3 is 5.97 Å². The molecule has 6 nitrogen and oxygen atoms in total. The van der Waals surface area contributed by atoms with E-state index < -0.39 is 6.10 Å². The zero-order valence-corrected chi connectivity index (χ0v) is 21.2. The first-order valence-electron chi connectivity index (χ1n) is 12.0. The number of allylic oxidation sites excluding steroid dienone is 3. The maximum atomic E-state index is 11.6. The smallest absolute Gasteiger partial charge is 0.308 e. The molecule has 2 aliphatic heterocycles. The van der Waals surface area contributed by atoms with Crippen LogP contribution in [0.3, 0.4) is 0 Å². The normalized spacial score (nSPS) is 34.7. The van der Waals surface area contributed by atoms with Crippen LogP contribution in [-0.2, 0) is 23.7 Å². The fourth-order valence-electron chi connectivity index (χ4n) is 5.29. The Morgan fingerprint density at radius 2 is 1.94 bits per heavy atom. The lowest BCUT2D eigenvalue weighted by molar-refractivity contribution is -0.147. The predicted molar refractivity (Wildman–Crippen MR) is 125 cm³/mol. The van der Waals surface area contributed by atoms with E-state index in [0.29, 0.717) is 18.3 Å². The third kappa shape index (κ3) is 7.14. The highest BCUT2D eigenvalue weighted by Crippen LogP contribution is 2.47. The third-order valence-corrected chi connectivity index (χ3v) is 7.08. The summed E-state index contributed by atoms with van der Waals surface area (Å²) in [5.41, 5.74) is 0.992. The van der Waals surface area contributed by atoms with Crippen LogP contribution in [0.5, 0.6) is 0 Å². The van der Waals surface area contributed by atoms with Crippen molar-refractivity contribution in [3.05, 3.63) is 23.8 Å². The van der Waals surface area contributed by atoms with Crippen LogP contribution in [0.4, 0.5) is 0 Å². The Labute approximate surface area is 194 Å². The van der Waals surface area contributed by atoms with Gasteiger partial charge in [0.1, 0.15) is 0 Å². The van der Waals surface area contributed by atoms with E-state index in [4.69, 9.17) is 18.9 Å². The van der Waals surface area contributed by atoms with Gasteiger partial charge in [0.25, 0.3) is 0 Å². The number of carbonyl (C=O) groups excluding carboxylic acids is 1. The average molecular weight is 453 g/mol. The molecule has 0 amide bonds. The standard InChI is InChI=1S/C26H44O6/c1-16(15-26(6)25(32-26)19(4)24(30-8)20(5)27)10-9-11-17(2)23-18(3)12-13-21(31-23)14-22(28)29-7/h9-11,16,18-21,23-25,27H,12-15H2,1-8H3/b10-9+,17-11+/t16-,18+,19-,20-,21-,23-,24-,25-,26+/m1/s1. The van der Waals surface area contributed by atoms with Crippen LogP contribution in [0.1, 0.15) is 67.2 Å². The van der Waals surface area contributed by atoms with Crippen molar-refractivity contribution >= 4 is 5.97 Å². The topological polar surface area (TPSA) is 77.5 Å². The van der Waals surface area contributed by atoms with Gasteiger partial charge in [0.2, 0.25) is 0 Å². The van der Waals surface area contributed by atoms with Crippen molar-refractivity contribution in [3.8, 4) is 0 Å². The Morgan fingerprint density at radius 1 is 1.25 bits per heavy atom. The SMILES string of the molecule is COC(=O)C[C@H]1CC[C@H](C)[C@@H](/C(C)=C/C=C/[C@@H](C)C[C@]2(C)O[C@@H]2[C@H](C)[C@@H](OC)[C@@H](C)O)O1. The maximum Gasteiger partial charge on any atom is 0.308 e. The van der Waals surface area contributed by atoms with Crippen molar-refractivity contribution in [2.75, 3.05) is 14.2 Å². The number of ether oxygens (including phenoxy) is 4. The number of esters is 1. The fourth-order valence-corrected chi connectivity index (χ4v) is 5.29. The van der Waals surface area contributed by atoms with Crippen LogP contribution in [0.25, 0.3) is 0 Å². The molecule has 0 saturated carbocycles. The molecule has 6 heteroatoms. The molecule has 2 heterocycles. The first-order valence-corrected chi connectivity index (χ1v) is 12.0. The van der Waals surface area contributed by atoms with E-state index in [1.165, 1.54) is 12.7 Å². The van der Waals surface area contributed by atoms with E-state index in [0.717, 1.165) is 19.3 Å². The minimum atomic E-state index is -0.523. The lowest BCUT2D eigenvalue weighted by Gasteiger charge is -2.35. The van der Waals surface area contributed by atoms with Crippen LogP contribution in [0.15, 0.2) is 23.8 Å². The minimum absolute atomic E-state index is 0.0272. The van der Waals surface area contributed by atoms with Crippen molar-refractivity contribution in [1.82, 2.24) is 0 Å². The highest BCUT2D eigenvalue weighted by molar-refractivity contribution is 5.69. The molecule has 2 saturated heterocycles. The van der Waals surface area contributed by atoms with Crippen LogP contribution >= 0.6 is 0 Å². The molecule has 0 aliphatic carbocycles. The molecular weight excluding hydrogens is 408 g/mol. The quantitative estimate of drug-likeness (QED) is 0.283. The summed E-state index contributed by atoms with van der Waals surface area (Å²) < 4.78 is 22.5. The number of carbonyl (C=O) groups is 1. The van der Waals surface area contributed by atoms with Crippen molar-refractivity contribution in [2.45, 2.75) is 103 Å². The van der Waals surface area contributed by atoms with Crippen LogP contribution in [0, 0.1) is 17.8 Å². The van der Waals surface area contributed by atoms with E-state index in [1.54, 1.807) is 14.0 Å². The van der Waals surface area contributed by atoms with Crippen LogP contribution in [-0.4, -0.2) is 61.4 Å². The molecule has 0 radical (unpaired) electrons. The second-order valence-corrected chi connectivity index (χ2v) is 10.1. The monoisotopic (exact) mass is 452 g/mol. The number of methoxy groups -OCH3 is 2. The number of aliphatic hydroxyl groups is 1. The second kappa shape index (κ2) is 11.8. The summed E-state index contributed by atoms with van der Waals surface area (Å²) in [4.78, 5) is 11.6. The summed E-state index contributed by atoms with van der Waals surface area (Å²) in [5.74, 6) is 0.693. The summed E-state index contributed by atoms with van der Waals surface area (Å²) in [6, 6.07) is 0. The average Bonchev–Trinajstić information content (AvgIpc) is 3.39. The summed E-state index contributed by atoms with van der Waals surface area (Å²) in [5, 5.41) is 9.95. The molecule has 184 valence electrons. The van der Waals surface area contributed by atoms with Gasteiger partial charge in [-0.3, -0.25) is 4.79 Å². The number of epoxide rings is 1. The van der Waals surface area contributed by atoms with Gasteiger partial charge in [0, 0.05) is 13.0 Å². The lowest BCUT2D eigenvalue weighted by atomic mass is 9.85. The summed E-state index contributed by atoms with van der Waals surface area (Å²) in [7, 11) is 3.06. The van der Waals surface area contributed by atoms with Crippen LogP contribution in [0.2, 0.25) is 0 Å². The molecule has 0 aromatic heterocycles. The van der Waals surface area contributed by atoms with E-state index in [-0.39, 0.29) is 41.9 Å². The van der Waals surface area contributed by atoms with Gasteiger partial charge in [-0.15, -0.1) is 0 Å². The van der Waals surface area contributed by atoms with Gasteiger partial charge in [-0.05, 0) is 57.4 Å². The minimum Gasteiger partial charge on any atom is -0.469 e. The van der Waals surface area contributed by atoms with Crippen molar-refractivity contribution < 1.29 is 28.8 Å². The number of aliphatic hydroxyl groups excluding tert-OH is 1. The maximum absolute atomic E-state index is 11.6. The summed E-state index contributed by atoms with van der Waals surface area (Å²) >= 11 is 0. The molecular formula is C26H44O6. The Morgan fingerprint density at radius 3 is 2.53 bits per heavy atom. The van der Waals surface area contributed by atoms with Gasteiger partial charge in [-0.25, -0.2) is 0 Å². The molecule has 0 spiro atoms. The zero-order chi connectivity index (χ0) is 24.1. The highest BCUT2D eigenvalue weighted by atomic mass is 16.6. The van der Waals surface area contributed by atoms with Gasteiger partial charge in [-0.1, -0.05) is 39.0 Å². The highest BCUT2D eigenvalue weighted by Gasteiger charge is 2.56.